The maximum atomic E-state index is 12.5. The normalized spacial score (nSPS) is 26.0. The summed E-state index contributed by atoms with van der Waals surface area (Å²) in [6.45, 7) is 9.79. The number of aromatic nitrogens is 2. The molecule has 0 bridgehead atoms. The summed E-state index contributed by atoms with van der Waals surface area (Å²) in [5, 5.41) is 0. The summed E-state index contributed by atoms with van der Waals surface area (Å²) in [7, 11) is 0. The molecule has 0 N–H and O–H groups in total. The lowest BCUT2D eigenvalue weighted by atomic mass is 9.79. The van der Waals surface area contributed by atoms with E-state index in [-0.39, 0.29) is 5.91 Å². The van der Waals surface area contributed by atoms with Gasteiger partial charge in [-0.15, -0.1) is 0 Å². The van der Waals surface area contributed by atoms with Gasteiger partial charge in [0.05, 0.1) is 6.20 Å². The molecule has 1 atom stereocenters. The van der Waals surface area contributed by atoms with E-state index in [9.17, 15) is 4.79 Å². The molecule has 5 heteroatoms. The zero-order chi connectivity index (χ0) is 15.6. The van der Waals surface area contributed by atoms with Gasteiger partial charge < -0.3 is 9.80 Å². The van der Waals surface area contributed by atoms with Crippen LogP contribution in [0.2, 0.25) is 0 Å². The Morgan fingerprint density at radius 1 is 1.27 bits per heavy atom. The van der Waals surface area contributed by atoms with E-state index in [1.54, 1.807) is 18.6 Å². The first-order valence-corrected chi connectivity index (χ1v) is 8.36. The lowest BCUT2D eigenvalue weighted by Crippen LogP contribution is -2.46. The summed E-state index contributed by atoms with van der Waals surface area (Å²) in [5.41, 5.74) is 0.764. The zero-order valence-corrected chi connectivity index (χ0v) is 13.7. The SMILES string of the molecule is CC(C)CN1CCC[C@@]2(CCN(C(=O)c3cnccn3)C2)C1. The van der Waals surface area contributed by atoms with E-state index >= 15 is 0 Å². The highest BCUT2D eigenvalue weighted by Crippen LogP contribution is 2.39. The minimum atomic E-state index is 0.0333. The van der Waals surface area contributed by atoms with Gasteiger partial charge in [-0.2, -0.15) is 0 Å². The van der Waals surface area contributed by atoms with Gasteiger partial charge in [-0.3, -0.25) is 9.78 Å². The van der Waals surface area contributed by atoms with Crippen LogP contribution in [0.3, 0.4) is 0 Å². The van der Waals surface area contributed by atoms with E-state index in [2.05, 4.69) is 28.7 Å². The molecule has 0 unspecified atom stereocenters. The number of hydrogen-bond acceptors (Lipinski definition) is 4. The second kappa shape index (κ2) is 6.32. The van der Waals surface area contributed by atoms with E-state index in [4.69, 9.17) is 0 Å². The number of likely N-dealkylation sites (tertiary alicyclic amines) is 2. The molecule has 1 spiro atoms. The van der Waals surface area contributed by atoms with Crippen molar-refractivity contribution in [3.63, 3.8) is 0 Å². The van der Waals surface area contributed by atoms with Gasteiger partial charge in [-0.05, 0) is 31.7 Å². The number of carbonyl (C=O) groups excluding carboxylic acids is 1. The first kappa shape index (κ1) is 15.4. The number of rotatable bonds is 3. The Morgan fingerprint density at radius 2 is 2.14 bits per heavy atom. The molecular weight excluding hydrogens is 276 g/mol. The van der Waals surface area contributed by atoms with Crippen LogP contribution in [0.4, 0.5) is 0 Å². The van der Waals surface area contributed by atoms with E-state index in [0.29, 0.717) is 17.0 Å². The van der Waals surface area contributed by atoms with Gasteiger partial charge in [0, 0.05) is 44.0 Å². The molecule has 2 fully saturated rings. The molecule has 22 heavy (non-hydrogen) atoms. The molecule has 5 nitrogen and oxygen atoms in total. The fraction of sp³-hybridized carbons (Fsp3) is 0.706. The van der Waals surface area contributed by atoms with Crippen LogP contribution in [0.15, 0.2) is 18.6 Å². The zero-order valence-electron chi connectivity index (χ0n) is 13.7. The summed E-state index contributed by atoms with van der Waals surface area (Å²) in [4.78, 5) is 25.3. The number of nitrogens with zero attached hydrogens (tertiary/aromatic N) is 4. The topological polar surface area (TPSA) is 49.3 Å². The molecule has 1 aromatic rings. The van der Waals surface area contributed by atoms with Gasteiger partial charge in [0.25, 0.3) is 5.91 Å². The average molecular weight is 302 g/mol. The van der Waals surface area contributed by atoms with Crippen molar-refractivity contribution in [3.8, 4) is 0 Å². The Balaban J connectivity index is 1.65. The molecule has 0 aliphatic carbocycles. The molecule has 2 aliphatic rings. The molecule has 3 heterocycles. The number of hydrogen-bond donors (Lipinski definition) is 0. The van der Waals surface area contributed by atoms with Crippen molar-refractivity contribution in [2.45, 2.75) is 33.1 Å². The van der Waals surface area contributed by atoms with Crippen molar-refractivity contribution in [1.82, 2.24) is 19.8 Å². The van der Waals surface area contributed by atoms with Crippen LogP contribution >= 0.6 is 0 Å². The molecule has 1 amide bonds. The van der Waals surface area contributed by atoms with Crippen molar-refractivity contribution >= 4 is 5.91 Å². The minimum Gasteiger partial charge on any atom is -0.337 e. The van der Waals surface area contributed by atoms with Gasteiger partial charge in [-0.1, -0.05) is 13.8 Å². The number of piperidine rings is 1. The van der Waals surface area contributed by atoms with Gasteiger partial charge in [0.2, 0.25) is 0 Å². The highest BCUT2D eigenvalue weighted by atomic mass is 16.2. The Morgan fingerprint density at radius 3 is 2.86 bits per heavy atom. The van der Waals surface area contributed by atoms with Gasteiger partial charge in [0.1, 0.15) is 5.69 Å². The largest absolute Gasteiger partial charge is 0.337 e. The van der Waals surface area contributed by atoms with Crippen LogP contribution in [0.5, 0.6) is 0 Å². The third-order valence-electron chi connectivity index (χ3n) is 4.87. The van der Waals surface area contributed by atoms with Crippen molar-refractivity contribution in [3.05, 3.63) is 24.3 Å². The van der Waals surface area contributed by atoms with Crippen LogP contribution in [0.1, 0.15) is 43.6 Å². The van der Waals surface area contributed by atoms with Gasteiger partial charge >= 0.3 is 0 Å². The first-order chi connectivity index (χ1) is 10.6. The van der Waals surface area contributed by atoms with Crippen LogP contribution in [0.25, 0.3) is 0 Å². The molecule has 120 valence electrons. The third kappa shape index (κ3) is 3.29. The maximum Gasteiger partial charge on any atom is 0.274 e. The van der Waals surface area contributed by atoms with E-state index in [0.717, 1.165) is 26.1 Å². The predicted molar refractivity (Wildman–Crippen MR) is 85.5 cm³/mol. The van der Waals surface area contributed by atoms with E-state index < -0.39 is 0 Å². The second-order valence-corrected chi connectivity index (χ2v) is 7.30. The van der Waals surface area contributed by atoms with Crippen molar-refractivity contribution in [2.75, 3.05) is 32.7 Å². The van der Waals surface area contributed by atoms with Crippen LogP contribution in [0, 0.1) is 11.3 Å². The fourth-order valence-corrected chi connectivity index (χ4v) is 4.00. The highest BCUT2D eigenvalue weighted by Gasteiger charge is 2.43. The Hall–Kier alpha value is -1.49. The van der Waals surface area contributed by atoms with Crippen molar-refractivity contribution in [2.24, 2.45) is 11.3 Å². The minimum absolute atomic E-state index is 0.0333. The van der Waals surface area contributed by atoms with Crippen LogP contribution in [-0.4, -0.2) is 58.4 Å². The smallest absolute Gasteiger partial charge is 0.274 e. The molecular formula is C17H26N4O. The number of amides is 1. The summed E-state index contributed by atoms with van der Waals surface area (Å²) in [6, 6.07) is 0. The van der Waals surface area contributed by atoms with Gasteiger partial charge in [0.15, 0.2) is 0 Å². The van der Waals surface area contributed by atoms with E-state index in [1.165, 1.54) is 25.9 Å². The highest BCUT2D eigenvalue weighted by molar-refractivity contribution is 5.92. The molecule has 0 radical (unpaired) electrons. The van der Waals surface area contributed by atoms with E-state index in [1.807, 2.05) is 4.90 Å². The molecule has 1 aromatic heterocycles. The van der Waals surface area contributed by atoms with Crippen molar-refractivity contribution in [1.29, 1.82) is 0 Å². The van der Waals surface area contributed by atoms with Gasteiger partial charge in [-0.25, -0.2) is 4.98 Å². The molecule has 0 saturated carbocycles. The summed E-state index contributed by atoms with van der Waals surface area (Å²) in [5.74, 6) is 0.736. The third-order valence-corrected chi connectivity index (χ3v) is 4.87. The van der Waals surface area contributed by atoms with Crippen LogP contribution < -0.4 is 0 Å². The summed E-state index contributed by atoms with van der Waals surface area (Å²) >= 11 is 0. The summed E-state index contributed by atoms with van der Waals surface area (Å²) in [6.07, 6.45) is 8.37. The Kier molecular flexibility index (Phi) is 4.43. The second-order valence-electron chi connectivity index (χ2n) is 7.30. The van der Waals surface area contributed by atoms with Crippen molar-refractivity contribution < 1.29 is 4.79 Å². The lowest BCUT2D eigenvalue weighted by molar-refractivity contribution is 0.0662. The lowest BCUT2D eigenvalue weighted by Gasteiger charge is -2.41. The average Bonchev–Trinajstić information content (AvgIpc) is 2.90. The molecule has 3 rings (SSSR count). The molecule has 2 aliphatic heterocycles. The van der Waals surface area contributed by atoms with Crippen LogP contribution in [-0.2, 0) is 0 Å². The summed E-state index contributed by atoms with van der Waals surface area (Å²) < 4.78 is 0. The predicted octanol–water partition coefficient (Wildman–Crippen LogP) is 2.06. The first-order valence-electron chi connectivity index (χ1n) is 8.36. The number of carbonyl (C=O) groups is 1. The molecule has 0 aromatic carbocycles. The monoisotopic (exact) mass is 302 g/mol. The Labute approximate surface area is 132 Å². The Bertz CT molecular complexity index is 519. The molecule has 2 saturated heterocycles. The standard InChI is InChI=1S/C17H26N4O/c1-14(2)11-20-8-3-4-17(12-20)5-9-21(13-17)16(22)15-10-18-6-7-19-15/h6-7,10,14H,3-5,8-9,11-13H2,1-2H3/t17-/m1/s1. The maximum absolute atomic E-state index is 12.5. The fourth-order valence-electron chi connectivity index (χ4n) is 4.00. The quantitative estimate of drug-likeness (QED) is 0.857.